The van der Waals surface area contributed by atoms with Gasteiger partial charge >= 0.3 is 0 Å². The van der Waals surface area contributed by atoms with Gasteiger partial charge in [-0.1, -0.05) is 0 Å². The van der Waals surface area contributed by atoms with E-state index >= 15 is 0 Å². The molecule has 0 saturated carbocycles. The monoisotopic (exact) mass is 249 g/mol. The number of anilines is 2. The fraction of sp³-hybridized carbons (Fsp3) is 0.462. The summed E-state index contributed by atoms with van der Waals surface area (Å²) in [6.07, 6.45) is -0.426. The molecule has 0 bridgehead atoms. The van der Waals surface area contributed by atoms with Gasteiger partial charge in [-0.3, -0.25) is 4.79 Å². The quantitative estimate of drug-likeness (QED) is 0.846. The lowest BCUT2D eigenvalue weighted by molar-refractivity contribution is -0.122. The molecule has 1 aromatic rings. The van der Waals surface area contributed by atoms with E-state index in [1.807, 2.05) is 32.3 Å². The van der Waals surface area contributed by atoms with Crippen LogP contribution >= 0.6 is 0 Å². The number of hydrogen-bond donors (Lipinski definition) is 2. The molecule has 5 nitrogen and oxygen atoms in total. The van der Waals surface area contributed by atoms with Crippen molar-refractivity contribution in [2.24, 2.45) is 0 Å². The standard InChI is InChI=1S/C13H19N3O2/c1-9-13(17)15-11-8-10(4-5-12(11)18-9)14-6-7-16(2)3/h4-5,8-9,14H,6-7H2,1-3H3,(H,15,17). The van der Waals surface area contributed by atoms with Crippen molar-refractivity contribution in [2.45, 2.75) is 13.0 Å². The lowest BCUT2D eigenvalue weighted by Crippen LogP contribution is -2.34. The van der Waals surface area contributed by atoms with Crippen molar-refractivity contribution in [3.05, 3.63) is 18.2 Å². The van der Waals surface area contributed by atoms with E-state index in [1.165, 1.54) is 0 Å². The number of carbonyl (C=O) groups excluding carboxylic acids is 1. The minimum Gasteiger partial charge on any atom is -0.479 e. The summed E-state index contributed by atoms with van der Waals surface area (Å²) in [6, 6.07) is 5.73. The molecular weight excluding hydrogens is 230 g/mol. The van der Waals surface area contributed by atoms with Crippen LogP contribution in [0.5, 0.6) is 5.75 Å². The highest BCUT2D eigenvalue weighted by Crippen LogP contribution is 2.31. The fourth-order valence-corrected chi connectivity index (χ4v) is 1.74. The molecule has 1 heterocycles. The highest BCUT2D eigenvalue weighted by atomic mass is 16.5. The average molecular weight is 249 g/mol. The molecule has 1 unspecified atom stereocenters. The SMILES string of the molecule is CC1Oc2ccc(NCCN(C)C)cc2NC1=O. The van der Waals surface area contributed by atoms with Gasteiger partial charge in [0.15, 0.2) is 6.10 Å². The van der Waals surface area contributed by atoms with Gasteiger partial charge in [0.25, 0.3) is 5.91 Å². The van der Waals surface area contributed by atoms with Gasteiger partial charge in [-0.15, -0.1) is 0 Å². The minimum absolute atomic E-state index is 0.104. The summed E-state index contributed by atoms with van der Waals surface area (Å²) in [7, 11) is 4.06. The fourth-order valence-electron chi connectivity index (χ4n) is 1.74. The molecule has 2 N–H and O–H groups in total. The lowest BCUT2D eigenvalue weighted by Gasteiger charge is -2.24. The third-order valence-corrected chi connectivity index (χ3v) is 2.80. The van der Waals surface area contributed by atoms with Gasteiger partial charge in [-0.25, -0.2) is 0 Å². The molecule has 0 aromatic heterocycles. The van der Waals surface area contributed by atoms with Crippen molar-refractivity contribution in [3.8, 4) is 5.75 Å². The van der Waals surface area contributed by atoms with Crippen molar-refractivity contribution in [1.82, 2.24) is 4.90 Å². The Morgan fingerprint density at radius 3 is 2.94 bits per heavy atom. The summed E-state index contributed by atoms with van der Waals surface area (Å²) in [5, 5.41) is 6.14. The zero-order chi connectivity index (χ0) is 13.1. The Morgan fingerprint density at radius 1 is 1.44 bits per heavy atom. The molecule has 98 valence electrons. The van der Waals surface area contributed by atoms with Gasteiger partial charge < -0.3 is 20.3 Å². The number of nitrogens with zero attached hydrogens (tertiary/aromatic N) is 1. The topological polar surface area (TPSA) is 53.6 Å². The number of likely N-dealkylation sites (N-methyl/N-ethyl adjacent to an activating group) is 1. The number of benzene rings is 1. The molecule has 18 heavy (non-hydrogen) atoms. The molecule has 0 radical (unpaired) electrons. The van der Waals surface area contributed by atoms with Crippen molar-refractivity contribution in [1.29, 1.82) is 0 Å². The molecule has 0 fully saturated rings. The highest BCUT2D eigenvalue weighted by molar-refractivity contribution is 5.98. The maximum atomic E-state index is 11.5. The second-order valence-corrected chi connectivity index (χ2v) is 4.69. The zero-order valence-corrected chi connectivity index (χ0v) is 11.0. The molecular formula is C13H19N3O2. The van der Waals surface area contributed by atoms with Crippen LogP contribution < -0.4 is 15.4 Å². The average Bonchev–Trinajstić information content (AvgIpc) is 2.30. The molecule has 0 spiro atoms. The number of hydrogen-bond acceptors (Lipinski definition) is 4. The normalized spacial score (nSPS) is 18.0. The van der Waals surface area contributed by atoms with Crippen LogP contribution in [0, 0.1) is 0 Å². The maximum absolute atomic E-state index is 11.5. The lowest BCUT2D eigenvalue weighted by atomic mass is 10.2. The maximum Gasteiger partial charge on any atom is 0.265 e. The molecule has 1 aliphatic rings. The van der Waals surface area contributed by atoms with Crippen LogP contribution in [0.25, 0.3) is 0 Å². The second-order valence-electron chi connectivity index (χ2n) is 4.69. The molecule has 0 saturated heterocycles. The first-order valence-electron chi connectivity index (χ1n) is 6.06. The van der Waals surface area contributed by atoms with Gasteiger partial charge in [-0.05, 0) is 39.2 Å². The Morgan fingerprint density at radius 2 is 2.22 bits per heavy atom. The molecule has 5 heteroatoms. The first-order chi connectivity index (χ1) is 8.56. The van der Waals surface area contributed by atoms with Crippen LogP contribution in [0.2, 0.25) is 0 Å². The predicted octanol–water partition coefficient (Wildman–Crippen LogP) is 1.38. The molecule has 1 atom stereocenters. The minimum atomic E-state index is -0.426. The second kappa shape index (κ2) is 5.27. The van der Waals surface area contributed by atoms with Crippen LogP contribution in [0.15, 0.2) is 18.2 Å². The zero-order valence-electron chi connectivity index (χ0n) is 11.0. The molecule has 2 rings (SSSR count). The third-order valence-electron chi connectivity index (χ3n) is 2.80. The number of nitrogens with one attached hydrogen (secondary N) is 2. The summed E-state index contributed by atoms with van der Waals surface area (Å²) in [5.41, 5.74) is 1.71. The van der Waals surface area contributed by atoms with E-state index in [-0.39, 0.29) is 5.91 Å². The largest absolute Gasteiger partial charge is 0.479 e. The van der Waals surface area contributed by atoms with Gasteiger partial charge in [0.05, 0.1) is 5.69 Å². The summed E-state index contributed by atoms with van der Waals surface area (Å²) >= 11 is 0. The summed E-state index contributed by atoms with van der Waals surface area (Å²) in [5.74, 6) is 0.619. The first-order valence-corrected chi connectivity index (χ1v) is 6.06. The van der Waals surface area contributed by atoms with Crippen LogP contribution in [0.1, 0.15) is 6.92 Å². The number of amides is 1. The Bertz CT molecular complexity index is 446. The number of fused-ring (bicyclic) bond motifs is 1. The van der Waals surface area contributed by atoms with Crippen LogP contribution in [-0.4, -0.2) is 44.1 Å². The van der Waals surface area contributed by atoms with Crippen LogP contribution in [0.3, 0.4) is 0 Å². The van der Waals surface area contributed by atoms with E-state index in [1.54, 1.807) is 6.92 Å². The summed E-state index contributed by atoms with van der Waals surface area (Å²) in [6.45, 7) is 3.55. The van der Waals surface area contributed by atoms with E-state index in [0.717, 1.165) is 30.2 Å². The number of ether oxygens (including phenoxy) is 1. The van der Waals surface area contributed by atoms with Crippen LogP contribution in [-0.2, 0) is 4.79 Å². The Kier molecular flexibility index (Phi) is 3.72. The summed E-state index contributed by atoms with van der Waals surface area (Å²) < 4.78 is 5.49. The molecule has 1 amide bonds. The van der Waals surface area contributed by atoms with E-state index in [9.17, 15) is 4.79 Å². The Hall–Kier alpha value is -1.75. The van der Waals surface area contributed by atoms with Gasteiger partial charge in [0.2, 0.25) is 0 Å². The van der Waals surface area contributed by atoms with Gasteiger partial charge in [-0.2, -0.15) is 0 Å². The van der Waals surface area contributed by atoms with E-state index in [4.69, 9.17) is 4.74 Å². The first kappa shape index (κ1) is 12.7. The van der Waals surface area contributed by atoms with Gasteiger partial charge in [0.1, 0.15) is 5.75 Å². The van der Waals surface area contributed by atoms with Gasteiger partial charge in [0, 0.05) is 18.8 Å². The highest BCUT2D eigenvalue weighted by Gasteiger charge is 2.23. The van der Waals surface area contributed by atoms with Crippen molar-refractivity contribution < 1.29 is 9.53 Å². The van der Waals surface area contributed by atoms with Crippen molar-refractivity contribution >= 4 is 17.3 Å². The molecule has 0 aliphatic carbocycles. The van der Waals surface area contributed by atoms with Crippen LogP contribution in [0.4, 0.5) is 11.4 Å². The van der Waals surface area contributed by atoms with E-state index in [0.29, 0.717) is 0 Å². The number of carbonyl (C=O) groups is 1. The number of rotatable bonds is 4. The molecule has 1 aliphatic heterocycles. The predicted molar refractivity (Wildman–Crippen MR) is 72.2 cm³/mol. The van der Waals surface area contributed by atoms with E-state index < -0.39 is 6.10 Å². The van der Waals surface area contributed by atoms with Crippen molar-refractivity contribution in [2.75, 3.05) is 37.8 Å². The smallest absolute Gasteiger partial charge is 0.265 e. The Balaban J connectivity index is 2.03. The van der Waals surface area contributed by atoms with Crippen molar-refractivity contribution in [3.63, 3.8) is 0 Å². The summed E-state index contributed by atoms with van der Waals surface area (Å²) in [4.78, 5) is 13.6. The molecule has 1 aromatic carbocycles. The third kappa shape index (κ3) is 2.92. The Labute approximate surface area is 107 Å². The van der Waals surface area contributed by atoms with E-state index in [2.05, 4.69) is 15.5 Å².